The number of halogens is 2. The third-order valence-corrected chi connectivity index (χ3v) is 3.48. The molecule has 0 aromatic heterocycles. The lowest BCUT2D eigenvalue weighted by Crippen LogP contribution is -2.13. The molecular weight excluding hydrogens is 209 g/mol. The van der Waals surface area contributed by atoms with Crippen LogP contribution in [-0.2, 0) is 0 Å². The number of benzene rings is 1. The second-order valence-electron chi connectivity index (χ2n) is 2.84. The molecule has 1 fully saturated rings. The van der Waals surface area contributed by atoms with Crippen LogP contribution in [0.25, 0.3) is 0 Å². The molecular formula is C9H9ClFNS. The normalized spacial score (nSPS) is 22.2. The molecule has 1 N–H and O–H groups in total. The van der Waals surface area contributed by atoms with Crippen LogP contribution in [0.5, 0.6) is 0 Å². The van der Waals surface area contributed by atoms with Gasteiger partial charge >= 0.3 is 0 Å². The Labute approximate surface area is 85.7 Å². The summed E-state index contributed by atoms with van der Waals surface area (Å²) in [5.41, 5.74) is 0.590. The van der Waals surface area contributed by atoms with Gasteiger partial charge in [-0.1, -0.05) is 17.7 Å². The minimum Gasteiger partial charge on any atom is -0.301 e. The number of nitrogens with one attached hydrogen (secondary N) is 1. The van der Waals surface area contributed by atoms with Gasteiger partial charge < -0.3 is 5.32 Å². The average Bonchev–Trinajstić information content (AvgIpc) is 2.57. The van der Waals surface area contributed by atoms with Gasteiger partial charge in [0.2, 0.25) is 0 Å². The molecule has 0 radical (unpaired) electrons. The zero-order chi connectivity index (χ0) is 9.26. The van der Waals surface area contributed by atoms with E-state index in [-0.39, 0.29) is 11.2 Å². The number of rotatable bonds is 1. The van der Waals surface area contributed by atoms with E-state index < -0.39 is 0 Å². The molecule has 0 unspecified atom stereocenters. The highest BCUT2D eigenvalue weighted by atomic mass is 35.5. The van der Waals surface area contributed by atoms with E-state index in [0.717, 1.165) is 12.3 Å². The van der Waals surface area contributed by atoms with Gasteiger partial charge in [0.05, 0.1) is 5.37 Å². The van der Waals surface area contributed by atoms with E-state index in [4.69, 9.17) is 11.6 Å². The topological polar surface area (TPSA) is 12.0 Å². The maximum Gasteiger partial charge on any atom is 0.130 e. The van der Waals surface area contributed by atoms with Gasteiger partial charge in [0.25, 0.3) is 0 Å². The van der Waals surface area contributed by atoms with Gasteiger partial charge in [-0.2, -0.15) is 0 Å². The Morgan fingerprint density at radius 1 is 1.54 bits per heavy atom. The van der Waals surface area contributed by atoms with E-state index in [1.54, 1.807) is 23.9 Å². The highest BCUT2D eigenvalue weighted by Crippen LogP contribution is 2.35. The summed E-state index contributed by atoms with van der Waals surface area (Å²) in [6.07, 6.45) is 0. The molecule has 1 heterocycles. The highest BCUT2D eigenvalue weighted by molar-refractivity contribution is 7.99. The van der Waals surface area contributed by atoms with Gasteiger partial charge in [0.15, 0.2) is 0 Å². The van der Waals surface area contributed by atoms with Crippen LogP contribution in [0.3, 0.4) is 0 Å². The SMILES string of the molecule is Fc1cccc(Cl)c1[C@@H]1NCCS1. The lowest BCUT2D eigenvalue weighted by atomic mass is 10.2. The molecule has 0 aliphatic carbocycles. The van der Waals surface area contributed by atoms with Crippen molar-refractivity contribution < 1.29 is 4.39 Å². The van der Waals surface area contributed by atoms with Crippen LogP contribution in [0.15, 0.2) is 18.2 Å². The lowest BCUT2D eigenvalue weighted by Gasteiger charge is -2.12. The highest BCUT2D eigenvalue weighted by Gasteiger charge is 2.22. The van der Waals surface area contributed by atoms with Crippen molar-refractivity contribution in [2.24, 2.45) is 0 Å². The second-order valence-corrected chi connectivity index (χ2v) is 4.46. The van der Waals surface area contributed by atoms with Crippen LogP contribution in [-0.4, -0.2) is 12.3 Å². The molecule has 1 aliphatic heterocycles. The summed E-state index contributed by atoms with van der Waals surface area (Å²) < 4.78 is 13.4. The van der Waals surface area contributed by atoms with Gasteiger partial charge in [-0.25, -0.2) is 4.39 Å². The Morgan fingerprint density at radius 2 is 2.38 bits per heavy atom. The molecule has 1 aliphatic rings. The maximum atomic E-state index is 13.4. The van der Waals surface area contributed by atoms with E-state index in [1.165, 1.54) is 6.07 Å². The van der Waals surface area contributed by atoms with Crippen LogP contribution in [0, 0.1) is 5.82 Å². The predicted octanol–water partition coefficient (Wildman–Crippen LogP) is 2.81. The predicted molar refractivity (Wildman–Crippen MR) is 54.6 cm³/mol. The molecule has 2 rings (SSSR count). The summed E-state index contributed by atoms with van der Waals surface area (Å²) in [4.78, 5) is 0. The molecule has 1 aromatic rings. The maximum absolute atomic E-state index is 13.4. The zero-order valence-electron chi connectivity index (χ0n) is 6.89. The van der Waals surface area contributed by atoms with Crippen molar-refractivity contribution >= 4 is 23.4 Å². The standard InChI is InChI=1S/C9H9ClFNS/c10-6-2-1-3-7(11)8(6)9-12-4-5-13-9/h1-3,9,12H,4-5H2/t9-/m1/s1. The first-order valence-electron chi connectivity index (χ1n) is 4.08. The quantitative estimate of drug-likeness (QED) is 0.777. The average molecular weight is 218 g/mol. The van der Waals surface area contributed by atoms with E-state index >= 15 is 0 Å². The Hall–Kier alpha value is -0.250. The van der Waals surface area contributed by atoms with Crippen LogP contribution in [0.4, 0.5) is 4.39 Å². The number of hydrogen-bond acceptors (Lipinski definition) is 2. The Balaban J connectivity index is 2.37. The summed E-state index contributed by atoms with van der Waals surface area (Å²) >= 11 is 7.60. The van der Waals surface area contributed by atoms with Gasteiger partial charge in [0, 0.05) is 22.9 Å². The Morgan fingerprint density at radius 3 is 3.00 bits per heavy atom. The minimum atomic E-state index is -0.223. The summed E-state index contributed by atoms with van der Waals surface area (Å²) in [6, 6.07) is 4.79. The fourth-order valence-corrected chi connectivity index (χ4v) is 2.82. The first-order valence-corrected chi connectivity index (χ1v) is 5.50. The summed E-state index contributed by atoms with van der Waals surface area (Å²) in [7, 11) is 0. The fourth-order valence-electron chi connectivity index (χ4n) is 1.37. The Bertz CT molecular complexity index is 292. The third kappa shape index (κ3) is 1.82. The molecule has 0 spiro atoms. The van der Waals surface area contributed by atoms with Crippen LogP contribution < -0.4 is 5.32 Å². The van der Waals surface area contributed by atoms with Crippen molar-refractivity contribution in [3.63, 3.8) is 0 Å². The summed E-state index contributed by atoms with van der Waals surface area (Å²) in [5, 5.41) is 3.72. The third-order valence-electron chi connectivity index (χ3n) is 1.98. The van der Waals surface area contributed by atoms with E-state index in [0.29, 0.717) is 10.6 Å². The van der Waals surface area contributed by atoms with Gasteiger partial charge in [-0.15, -0.1) is 11.8 Å². The zero-order valence-corrected chi connectivity index (χ0v) is 8.46. The molecule has 0 amide bonds. The van der Waals surface area contributed by atoms with Crippen LogP contribution >= 0.6 is 23.4 Å². The lowest BCUT2D eigenvalue weighted by molar-refractivity contribution is 0.596. The van der Waals surface area contributed by atoms with Crippen LogP contribution in [0.1, 0.15) is 10.9 Å². The fraction of sp³-hybridized carbons (Fsp3) is 0.333. The van der Waals surface area contributed by atoms with Crippen LogP contribution in [0.2, 0.25) is 5.02 Å². The molecule has 0 bridgehead atoms. The molecule has 1 aromatic carbocycles. The molecule has 13 heavy (non-hydrogen) atoms. The van der Waals surface area contributed by atoms with Gasteiger partial charge in [0.1, 0.15) is 5.82 Å². The van der Waals surface area contributed by atoms with E-state index in [1.807, 2.05) is 0 Å². The van der Waals surface area contributed by atoms with Crippen molar-refractivity contribution in [2.75, 3.05) is 12.3 Å². The second kappa shape index (κ2) is 3.86. The van der Waals surface area contributed by atoms with Gasteiger partial charge in [-0.05, 0) is 12.1 Å². The van der Waals surface area contributed by atoms with Gasteiger partial charge in [-0.3, -0.25) is 0 Å². The monoisotopic (exact) mass is 217 g/mol. The molecule has 4 heteroatoms. The van der Waals surface area contributed by atoms with E-state index in [9.17, 15) is 4.39 Å². The summed E-state index contributed by atoms with van der Waals surface area (Å²) in [5.74, 6) is 0.786. The molecule has 1 saturated heterocycles. The number of hydrogen-bond donors (Lipinski definition) is 1. The summed E-state index contributed by atoms with van der Waals surface area (Å²) in [6.45, 7) is 0.917. The number of thioether (sulfide) groups is 1. The smallest absolute Gasteiger partial charge is 0.130 e. The molecule has 1 atom stereocenters. The van der Waals surface area contributed by atoms with Crippen molar-refractivity contribution in [2.45, 2.75) is 5.37 Å². The van der Waals surface area contributed by atoms with Crippen molar-refractivity contribution in [1.82, 2.24) is 5.32 Å². The molecule has 1 nitrogen and oxygen atoms in total. The first kappa shape index (κ1) is 9.31. The first-order chi connectivity index (χ1) is 6.29. The molecule has 70 valence electrons. The largest absolute Gasteiger partial charge is 0.301 e. The Kier molecular flexibility index (Phi) is 2.77. The van der Waals surface area contributed by atoms with Crippen molar-refractivity contribution in [3.05, 3.63) is 34.6 Å². The van der Waals surface area contributed by atoms with Crippen molar-refractivity contribution in [1.29, 1.82) is 0 Å². The molecule has 0 saturated carbocycles. The minimum absolute atomic E-state index is 0.0219. The van der Waals surface area contributed by atoms with Crippen molar-refractivity contribution in [3.8, 4) is 0 Å². The van der Waals surface area contributed by atoms with E-state index in [2.05, 4.69) is 5.32 Å².